The molecule has 0 rings (SSSR count). The summed E-state index contributed by atoms with van der Waals surface area (Å²) < 4.78 is 0. The van der Waals surface area contributed by atoms with Crippen LogP contribution in [0.2, 0.25) is 0 Å². The van der Waals surface area contributed by atoms with Gasteiger partial charge >= 0.3 is 0 Å². The molecule has 0 saturated heterocycles. The lowest BCUT2D eigenvalue weighted by atomic mass is 10.1. The molecule has 1 amide bonds. The molecule has 1 atom stereocenters. The first-order chi connectivity index (χ1) is 7.15. The fourth-order valence-corrected chi connectivity index (χ4v) is 1.34. The Morgan fingerprint density at radius 3 is 2.40 bits per heavy atom. The second kappa shape index (κ2) is 8.41. The smallest absolute Gasteiger partial charge is 0.220 e. The summed E-state index contributed by atoms with van der Waals surface area (Å²) in [5.41, 5.74) is 0. The van der Waals surface area contributed by atoms with Crippen molar-refractivity contribution in [2.24, 2.45) is 0 Å². The minimum atomic E-state index is -0.178. The molecule has 0 saturated carbocycles. The zero-order chi connectivity index (χ0) is 11.7. The van der Waals surface area contributed by atoms with E-state index in [1.54, 1.807) is 7.05 Å². The van der Waals surface area contributed by atoms with Crippen LogP contribution in [0.15, 0.2) is 0 Å². The Balaban J connectivity index is 3.80. The first-order valence-electron chi connectivity index (χ1n) is 5.62. The van der Waals surface area contributed by atoms with Gasteiger partial charge in [0.05, 0.1) is 6.04 Å². The molecule has 0 aliphatic rings. The van der Waals surface area contributed by atoms with Gasteiger partial charge in [-0.3, -0.25) is 9.59 Å². The first kappa shape index (κ1) is 14.1. The van der Waals surface area contributed by atoms with Crippen LogP contribution >= 0.6 is 0 Å². The molecule has 0 radical (unpaired) electrons. The maximum atomic E-state index is 11.4. The van der Waals surface area contributed by atoms with Crippen molar-refractivity contribution in [1.29, 1.82) is 0 Å². The number of carbonyl (C=O) groups excluding carboxylic acids is 2. The van der Waals surface area contributed by atoms with E-state index in [9.17, 15) is 9.59 Å². The highest BCUT2D eigenvalue weighted by Gasteiger charge is 2.15. The molecule has 88 valence electrons. The maximum Gasteiger partial charge on any atom is 0.220 e. The predicted octanol–water partition coefficient (Wildman–Crippen LogP) is 0.860. The Kier molecular flexibility index (Phi) is 7.91. The van der Waals surface area contributed by atoms with Crippen LogP contribution in [-0.2, 0) is 9.59 Å². The largest absolute Gasteiger partial charge is 0.356 e. The summed E-state index contributed by atoms with van der Waals surface area (Å²) in [6.45, 7) is 4.56. The lowest BCUT2D eigenvalue weighted by Crippen LogP contribution is -2.35. The number of likely N-dealkylation sites (N-methyl/N-ethyl adjacent to an activating group) is 1. The van der Waals surface area contributed by atoms with E-state index in [1.807, 2.05) is 13.8 Å². The minimum absolute atomic E-state index is 0.0287. The van der Waals surface area contributed by atoms with Crippen LogP contribution in [-0.4, -0.2) is 31.3 Å². The van der Waals surface area contributed by atoms with E-state index in [0.717, 1.165) is 6.42 Å². The van der Waals surface area contributed by atoms with E-state index >= 15 is 0 Å². The van der Waals surface area contributed by atoms with E-state index in [0.29, 0.717) is 25.8 Å². The number of hydrogen-bond donors (Lipinski definition) is 2. The van der Waals surface area contributed by atoms with E-state index in [1.165, 1.54) is 0 Å². The normalized spacial score (nSPS) is 12.2. The maximum absolute atomic E-state index is 11.4. The molecule has 0 aromatic heterocycles. The molecule has 0 aromatic carbocycles. The molecule has 0 fully saturated rings. The number of rotatable bonds is 8. The van der Waals surface area contributed by atoms with Crippen LogP contribution in [0.25, 0.3) is 0 Å². The summed E-state index contributed by atoms with van der Waals surface area (Å²) in [4.78, 5) is 22.7. The van der Waals surface area contributed by atoms with Gasteiger partial charge in [0.1, 0.15) is 5.78 Å². The topological polar surface area (TPSA) is 58.2 Å². The summed E-state index contributed by atoms with van der Waals surface area (Å²) in [5, 5.41) is 5.73. The van der Waals surface area contributed by atoms with Crippen molar-refractivity contribution in [2.75, 3.05) is 13.6 Å². The van der Waals surface area contributed by atoms with Crippen molar-refractivity contribution in [2.45, 2.75) is 45.6 Å². The Morgan fingerprint density at radius 1 is 1.27 bits per heavy atom. The van der Waals surface area contributed by atoms with Crippen molar-refractivity contribution in [3.63, 3.8) is 0 Å². The van der Waals surface area contributed by atoms with Crippen LogP contribution < -0.4 is 10.6 Å². The highest BCUT2D eigenvalue weighted by molar-refractivity contribution is 5.84. The molecular weight excluding hydrogens is 192 g/mol. The molecule has 0 aliphatic carbocycles. The van der Waals surface area contributed by atoms with E-state index in [-0.39, 0.29) is 17.7 Å². The highest BCUT2D eigenvalue weighted by Crippen LogP contribution is 2.00. The third-order valence-corrected chi connectivity index (χ3v) is 2.32. The van der Waals surface area contributed by atoms with Crippen LogP contribution in [0.3, 0.4) is 0 Å². The highest BCUT2D eigenvalue weighted by atomic mass is 16.1. The van der Waals surface area contributed by atoms with Gasteiger partial charge in [0.25, 0.3) is 0 Å². The summed E-state index contributed by atoms with van der Waals surface area (Å²) in [6, 6.07) is -0.178. The van der Waals surface area contributed by atoms with Crippen LogP contribution in [0.4, 0.5) is 0 Å². The number of ketones is 1. The molecule has 0 heterocycles. The summed E-state index contributed by atoms with van der Waals surface area (Å²) in [7, 11) is 1.75. The molecule has 15 heavy (non-hydrogen) atoms. The number of nitrogens with one attached hydrogen (secondary N) is 2. The molecule has 0 spiro atoms. The molecule has 1 unspecified atom stereocenters. The molecule has 2 N–H and O–H groups in total. The Hall–Kier alpha value is -0.900. The lowest BCUT2D eigenvalue weighted by Gasteiger charge is -2.13. The van der Waals surface area contributed by atoms with Gasteiger partial charge in [-0.1, -0.05) is 13.8 Å². The standard InChI is InChI=1S/C11H22N2O2/c1-4-8-13-11(15)7-6-9(12-3)10(14)5-2/h9,12H,4-8H2,1-3H3,(H,13,15). The number of carbonyl (C=O) groups is 2. The SMILES string of the molecule is CCCNC(=O)CCC(NC)C(=O)CC. The van der Waals surface area contributed by atoms with Gasteiger partial charge in [-0.05, 0) is 19.9 Å². The summed E-state index contributed by atoms with van der Waals surface area (Å²) in [6.07, 6.45) is 2.45. The lowest BCUT2D eigenvalue weighted by molar-refractivity contribution is -0.122. The fourth-order valence-electron chi connectivity index (χ4n) is 1.34. The van der Waals surface area contributed by atoms with Crippen molar-refractivity contribution in [3.8, 4) is 0 Å². The van der Waals surface area contributed by atoms with Gasteiger partial charge in [0.15, 0.2) is 0 Å². The fraction of sp³-hybridized carbons (Fsp3) is 0.818. The Labute approximate surface area is 91.8 Å². The van der Waals surface area contributed by atoms with Crippen molar-refractivity contribution >= 4 is 11.7 Å². The monoisotopic (exact) mass is 214 g/mol. The zero-order valence-corrected chi connectivity index (χ0v) is 9.93. The second-order valence-electron chi connectivity index (χ2n) is 3.55. The van der Waals surface area contributed by atoms with Gasteiger partial charge in [0, 0.05) is 19.4 Å². The van der Waals surface area contributed by atoms with E-state index < -0.39 is 0 Å². The minimum Gasteiger partial charge on any atom is -0.356 e. The van der Waals surface area contributed by atoms with Crippen LogP contribution in [0, 0.1) is 0 Å². The average molecular weight is 214 g/mol. The molecular formula is C11H22N2O2. The molecule has 4 nitrogen and oxygen atoms in total. The summed E-state index contributed by atoms with van der Waals surface area (Å²) >= 11 is 0. The second-order valence-corrected chi connectivity index (χ2v) is 3.55. The van der Waals surface area contributed by atoms with E-state index in [4.69, 9.17) is 0 Å². The number of Topliss-reactive ketones (excluding diaryl/α,β-unsaturated/α-hetero) is 1. The van der Waals surface area contributed by atoms with Gasteiger partial charge in [-0.15, -0.1) is 0 Å². The van der Waals surface area contributed by atoms with Gasteiger partial charge in [-0.25, -0.2) is 0 Å². The van der Waals surface area contributed by atoms with Crippen molar-refractivity contribution in [3.05, 3.63) is 0 Å². The predicted molar refractivity (Wildman–Crippen MR) is 60.7 cm³/mol. The zero-order valence-electron chi connectivity index (χ0n) is 9.93. The van der Waals surface area contributed by atoms with Crippen LogP contribution in [0.1, 0.15) is 39.5 Å². The van der Waals surface area contributed by atoms with E-state index in [2.05, 4.69) is 10.6 Å². The third kappa shape index (κ3) is 6.23. The van der Waals surface area contributed by atoms with Gasteiger partial charge < -0.3 is 10.6 Å². The van der Waals surface area contributed by atoms with Gasteiger partial charge in [0.2, 0.25) is 5.91 Å². The summed E-state index contributed by atoms with van der Waals surface area (Å²) in [5.74, 6) is 0.196. The third-order valence-electron chi connectivity index (χ3n) is 2.32. The van der Waals surface area contributed by atoms with Crippen LogP contribution in [0.5, 0.6) is 0 Å². The average Bonchev–Trinajstić information content (AvgIpc) is 2.26. The number of amides is 1. The van der Waals surface area contributed by atoms with Crippen molar-refractivity contribution < 1.29 is 9.59 Å². The molecule has 0 aromatic rings. The Morgan fingerprint density at radius 2 is 1.93 bits per heavy atom. The Bertz CT molecular complexity index is 205. The molecule has 4 heteroatoms. The molecule has 0 aliphatic heterocycles. The molecule has 0 bridgehead atoms. The quantitative estimate of drug-likeness (QED) is 0.630. The van der Waals surface area contributed by atoms with Crippen molar-refractivity contribution in [1.82, 2.24) is 10.6 Å². The van der Waals surface area contributed by atoms with Gasteiger partial charge in [-0.2, -0.15) is 0 Å². The number of hydrogen-bond acceptors (Lipinski definition) is 3. The first-order valence-corrected chi connectivity index (χ1v) is 5.62.